The fourth-order valence-electron chi connectivity index (χ4n) is 2.37. The highest BCUT2D eigenvalue weighted by Crippen LogP contribution is 2.30. The average Bonchev–Trinajstić information content (AvgIpc) is 2.95. The van der Waals surface area contributed by atoms with Crippen molar-refractivity contribution in [2.75, 3.05) is 19.6 Å². The van der Waals surface area contributed by atoms with Crippen LogP contribution in [-0.2, 0) is 17.5 Å². The summed E-state index contributed by atoms with van der Waals surface area (Å²) in [6.45, 7) is 2.05. The minimum atomic E-state index is -4.37. The first kappa shape index (κ1) is 15.5. The minimum absolute atomic E-state index is 0.0392. The number of amides is 1. The molecular formula is C15H14F3N3O2. The molecule has 1 fully saturated rings. The molecule has 0 atom stereocenters. The number of hydrogen-bond donors (Lipinski definition) is 1. The van der Waals surface area contributed by atoms with Crippen LogP contribution < -0.4 is 5.32 Å². The van der Waals surface area contributed by atoms with Crippen LogP contribution in [0, 0.1) is 0 Å². The van der Waals surface area contributed by atoms with Gasteiger partial charge in [-0.05, 0) is 24.3 Å². The van der Waals surface area contributed by atoms with Crippen molar-refractivity contribution in [3.8, 4) is 11.5 Å². The van der Waals surface area contributed by atoms with Gasteiger partial charge in [-0.3, -0.25) is 9.69 Å². The monoisotopic (exact) mass is 325 g/mol. The normalized spacial score (nSPS) is 16.4. The molecule has 5 nitrogen and oxygen atoms in total. The topological polar surface area (TPSA) is 58.4 Å². The first-order chi connectivity index (χ1) is 10.9. The van der Waals surface area contributed by atoms with E-state index in [0.717, 1.165) is 12.1 Å². The van der Waals surface area contributed by atoms with Crippen molar-refractivity contribution in [1.29, 1.82) is 0 Å². The number of nitrogens with one attached hydrogen (secondary N) is 1. The van der Waals surface area contributed by atoms with Gasteiger partial charge in [0.15, 0.2) is 0 Å². The number of hydrogen-bond acceptors (Lipinski definition) is 4. The van der Waals surface area contributed by atoms with Gasteiger partial charge in [-0.2, -0.15) is 13.2 Å². The summed E-state index contributed by atoms with van der Waals surface area (Å²) >= 11 is 0. The molecular weight excluding hydrogens is 311 g/mol. The number of benzene rings is 1. The summed E-state index contributed by atoms with van der Waals surface area (Å²) in [5, 5.41) is 2.73. The van der Waals surface area contributed by atoms with E-state index in [1.54, 1.807) is 0 Å². The lowest BCUT2D eigenvalue weighted by Crippen LogP contribution is -2.47. The molecule has 1 aliphatic rings. The van der Waals surface area contributed by atoms with Crippen LogP contribution in [0.5, 0.6) is 0 Å². The van der Waals surface area contributed by atoms with Crippen molar-refractivity contribution in [1.82, 2.24) is 15.2 Å². The molecule has 3 rings (SSSR count). The number of halogens is 3. The molecule has 23 heavy (non-hydrogen) atoms. The van der Waals surface area contributed by atoms with E-state index >= 15 is 0 Å². The molecule has 0 radical (unpaired) electrons. The van der Waals surface area contributed by atoms with Crippen LogP contribution in [0.4, 0.5) is 13.2 Å². The Hall–Kier alpha value is -2.35. The molecule has 0 saturated carbocycles. The predicted molar refractivity (Wildman–Crippen MR) is 75.2 cm³/mol. The Morgan fingerprint density at radius 1 is 1.26 bits per heavy atom. The van der Waals surface area contributed by atoms with E-state index in [1.165, 1.54) is 18.4 Å². The quantitative estimate of drug-likeness (QED) is 0.941. The summed E-state index contributed by atoms with van der Waals surface area (Å²) in [5.74, 6) is 0.220. The molecule has 1 aliphatic heterocycles. The van der Waals surface area contributed by atoms with E-state index in [-0.39, 0.29) is 11.8 Å². The highest BCUT2D eigenvalue weighted by Gasteiger charge is 2.30. The van der Waals surface area contributed by atoms with Crippen LogP contribution in [0.3, 0.4) is 0 Å². The van der Waals surface area contributed by atoms with Crippen LogP contribution in [0.25, 0.3) is 11.5 Å². The van der Waals surface area contributed by atoms with Crippen LogP contribution in [-0.4, -0.2) is 35.4 Å². The van der Waals surface area contributed by atoms with Gasteiger partial charge in [0.05, 0.1) is 17.8 Å². The number of oxazole rings is 1. The maximum atomic E-state index is 12.5. The zero-order valence-corrected chi connectivity index (χ0v) is 12.1. The Morgan fingerprint density at radius 3 is 2.65 bits per heavy atom. The van der Waals surface area contributed by atoms with Gasteiger partial charge in [-0.1, -0.05) is 0 Å². The lowest BCUT2D eigenvalue weighted by atomic mass is 10.1. The summed E-state index contributed by atoms with van der Waals surface area (Å²) in [7, 11) is 0. The average molecular weight is 325 g/mol. The minimum Gasteiger partial charge on any atom is -0.444 e. The van der Waals surface area contributed by atoms with E-state index in [9.17, 15) is 18.0 Å². The van der Waals surface area contributed by atoms with Gasteiger partial charge in [0, 0.05) is 25.2 Å². The molecule has 1 aromatic heterocycles. The Balaban J connectivity index is 1.70. The molecule has 2 aromatic rings. The fourth-order valence-corrected chi connectivity index (χ4v) is 2.37. The Kier molecular flexibility index (Phi) is 4.08. The number of alkyl halides is 3. The lowest BCUT2D eigenvalue weighted by molar-refractivity contribution is -0.137. The van der Waals surface area contributed by atoms with E-state index in [1.807, 2.05) is 4.90 Å². The second kappa shape index (κ2) is 6.04. The molecule has 2 heterocycles. The molecule has 1 aromatic carbocycles. The number of rotatable bonds is 3. The Morgan fingerprint density at radius 2 is 2.00 bits per heavy atom. The van der Waals surface area contributed by atoms with Gasteiger partial charge in [0.1, 0.15) is 6.26 Å². The van der Waals surface area contributed by atoms with E-state index in [0.29, 0.717) is 37.4 Å². The summed E-state index contributed by atoms with van der Waals surface area (Å²) in [6.07, 6.45) is -2.91. The standard InChI is InChI=1S/C15H14F3N3O2/c16-15(17,18)11-3-1-10(2-4-11)14-20-12(9-23-14)7-21-6-5-19-13(22)8-21/h1-4,9H,5-8H2,(H,19,22). The first-order valence-electron chi connectivity index (χ1n) is 7.03. The highest BCUT2D eigenvalue weighted by atomic mass is 19.4. The smallest absolute Gasteiger partial charge is 0.416 e. The number of carbonyl (C=O) groups is 1. The van der Waals surface area contributed by atoms with Crippen LogP contribution in [0.2, 0.25) is 0 Å². The molecule has 1 N–H and O–H groups in total. The molecule has 0 aliphatic carbocycles. The molecule has 0 bridgehead atoms. The van der Waals surface area contributed by atoms with Crippen molar-refractivity contribution in [3.63, 3.8) is 0 Å². The molecule has 0 spiro atoms. The Bertz CT molecular complexity index is 695. The number of piperazine rings is 1. The summed E-state index contributed by atoms with van der Waals surface area (Å²) in [6, 6.07) is 4.64. The lowest BCUT2D eigenvalue weighted by Gasteiger charge is -2.25. The number of carbonyl (C=O) groups excluding carboxylic acids is 1. The molecule has 1 saturated heterocycles. The van der Waals surface area contributed by atoms with Gasteiger partial charge in [0.2, 0.25) is 11.8 Å². The van der Waals surface area contributed by atoms with Gasteiger partial charge >= 0.3 is 6.18 Å². The summed E-state index contributed by atoms with van der Waals surface area (Å²) in [5.41, 5.74) is 0.391. The maximum absolute atomic E-state index is 12.5. The zero-order valence-electron chi connectivity index (χ0n) is 12.1. The highest BCUT2D eigenvalue weighted by molar-refractivity contribution is 5.78. The third kappa shape index (κ3) is 3.70. The van der Waals surface area contributed by atoms with Crippen LogP contribution in [0.1, 0.15) is 11.3 Å². The largest absolute Gasteiger partial charge is 0.444 e. The van der Waals surface area contributed by atoms with Crippen molar-refractivity contribution >= 4 is 5.91 Å². The summed E-state index contributed by atoms with van der Waals surface area (Å²) in [4.78, 5) is 17.5. The van der Waals surface area contributed by atoms with Crippen molar-refractivity contribution in [2.45, 2.75) is 12.7 Å². The predicted octanol–water partition coefficient (Wildman–Crippen LogP) is 2.29. The molecule has 8 heteroatoms. The fraction of sp³-hybridized carbons (Fsp3) is 0.333. The van der Waals surface area contributed by atoms with E-state index in [2.05, 4.69) is 10.3 Å². The maximum Gasteiger partial charge on any atom is 0.416 e. The van der Waals surface area contributed by atoms with Crippen molar-refractivity contribution in [3.05, 3.63) is 41.8 Å². The van der Waals surface area contributed by atoms with E-state index in [4.69, 9.17) is 4.42 Å². The Labute approximate surface area is 130 Å². The van der Waals surface area contributed by atoms with Crippen molar-refractivity contribution < 1.29 is 22.4 Å². The third-order valence-corrected chi connectivity index (χ3v) is 3.51. The first-order valence-corrected chi connectivity index (χ1v) is 7.03. The van der Waals surface area contributed by atoms with Crippen molar-refractivity contribution in [2.24, 2.45) is 0 Å². The van der Waals surface area contributed by atoms with Crippen LogP contribution in [0.15, 0.2) is 34.9 Å². The second-order valence-corrected chi connectivity index (χ2v) is 5.28. The zero-order chi connectivity index (χ0) is 16.4. The molecule has 0 unspecified atom stereocenters. The van der Waals surface area contributed by atoms with Gasteiger partial charge in [-0.15, -0.1) is 0 Å². The number of aromatic nitrogens is 1. The summed E-state index contributed by atoms with van der Waals surface area (Å²) < 4.78 is 42.9. The second-order valence-electron chi connectivity index (χ2n) is 5.28. The SMILES string of the molecule is O=C1CN(Cc2coc(-c3ccc(C(F)(F)F)cc3)n2)CCN1. The van der Waals surface area contributed by atoms with Crippen LogP contribution >= 0.6 is 0 Å². The number of nitrogens with zero attached hydrogens (tertiary/aromatic N) is 2. The van der Waals surface area contributed by atoms with E-state index < -0.39 is 11.7 Å². The van der Waals surface area contributed by atoms with Gasteiger partial charge in [-0.25, -0.2) is 4.98 Å². The van der Waals surface area contributed by atoms with Gasteiger partial charge in [0.25, 0.3) is 0 Å². The van der Waals surface area contributed by atoms with Gasteiger partial charge < -0.3 is 9.73 Å². The third-order valence-electron chi connectivity index (χ3n) is 3.51. The molecule has 1 amide bonds. The molecule has 122 valence electrons.